The molecular weight excluding hydrogens is 338 g/mol. The first-order valence-electron chi connectivity index (χ1n) is 9.52. The molecule has 3 aromatic rings. The second kappa shape index (κ2) is 7.39. The molecule has 2 aromatic heterocycles. The van der Waals surface area contributed by atoms with E-state index in [4.69, 9.17) is 4.98 Å². The highest BCUT2D eigenvalue weighted by atomic mass is 16.2. The van der Waals surface area contributed by atoms with Crippen LogP contribution in [0.25, 0.3) is 16.9 Å². The molecule has 4 rings (SSSR count). The first-order chi connectivity index (χ1) is 13.1. The minimum Gasteiger partial charge on any atom is -0.370 e. The van der Waals surface area contributed by atoms with Crippen molar-refractivity contribution >= 4 is 17.4 Å². The molecule has 1 unspecified atom stereocenters. The van der Waals surface area contributed by atoms with Crippen LogP contribution in [0.4, 0.5) is 5.82 Å². The Hall–Kier alpha value is -2.89. The number of anilines is 1. The number of nitrogens with zero attached hydrogens (tertiary/aromatic N) is 4. The van der Waals surface area contributed by atoms with Crippen LogP contribution in [0.1, 0.15) is 25.5 Å². The van der Waals surface area contributed by atoms with Crippen molar-refractivity contribution in [3.8, 4) is 11.3 Å². The van der Waals surface area contributed by atoms with E-state index in [1.807, 2.05) is 40.6 Å². The Morgan fingerprint density at radius 3 is 2.85 bits per heavy atom. The van der Waals surface area contributed by atoms with Gasteiger partial charge in [-0.3, -0.25) is 4.79 Å². The van der Waals surface area contributed by atoms with Crippen LogP contribution in [0.15, 0.2) is 42.5 Å². The van der Waals surface area contributed by atoms with Gasteiger partial charge in [-0.15, -0.1) is 0 Å². The van der Waals surface area contributed by atoms with Gasteiger partial charge in [-0.1, -0.05) is 30.3 Å². The van der Waals surface area contributed by atoms with Crippen molar-refractivity contribution in [1.82, 2.24) is 19.5 Å². The molecule has 1 aromatic carbocycles. The smallest absolute Gasteiger partial charge is 0.219 e. The van der Waals surface area contributed by atoms with E-state index in [9.17, 15) is 4.79 Å². The van der Waals surface area contributed by atoms with Gasteiger partial charge in [-0.2, -0.15) is 9.61 Å². The zero-order chi connectivity index (χ0) is 18.8. The lowest BCUT2D eigenvalue weighted by Gasteiger charge is -2.32. The van der Waals surface area contributed by atoms with Crippen molar-refractivity contribution in [3.05, 3.63) is 48.2 Å². The number of hydrogen-bond acceptors (Lipinski definition) is 4. The van der Waals surface area contributed by atoms with Crippen LogP contribution in [0.3, 0.4) is 0 Å². The Labute approximate surface area is 159 Å². The molecule has 1 fully saturated rings. The van der Waals surface area contributed by atoms with E-state index in [2.05, 4.69) is 28.6 Å². The average Bonchev–Trinajstić information content (AvgIpc) is 3.07. The Bertz CT molecular complexity index is 950. The zero-order valence-electron chi connectivity index (χ0n) is 15.9. The topological polar surface area (TPSA) is 62.5 Å². The highest BCUT2D eigenvalue weighted by molar-refractivity contribution is 5.73. The summed E-state index contributed by atoms with van der Waals surface area (Å²) < 4.78 is 1.87. The quantitative estimate of drug-likeness (QED) is 0.772. The lowest BCUT2D eigenvalue weighted by atomic mass is 9.98. The summed E-state index contributed by atoms with van der Waals surface area (Å²) in [4.78, 5) is 18.4. The number of piperidine rings is 1. The molecule has 27 heavy (non-hydrogen) atoms. The van der Waals surface area contributed by atoms with E-state index < -0.39 is 0 Å². The normalized spacial score (nSPS) is 17.3. The summed E-state index contributed by atoms with van der Waals surface area (Å²) in [5.74, 6) is 1.55. The molecule has 1 saturated heterocycles. The Morgan fingerprint density at radius 1 is 1.26 bits per heavy atom. The number of carbonyl (C=O) groups excluding carboxylic acids is 1. The van der Waals surface area contributed by atoms with Gasteiger partial charge >= 0.3 is 0 Å². The molecule has 1 aliphatic heterocycles. The number of aromatic nitrogens is 3. The molecule has 140 valence electrons. The minimum atomic E-state index is 0.167. The standard InChI is InChI=1S/C21H25N5O/c1-15-11-21-23-19(18-8-4-3-5-9-18)12-20(26(21)24-15)22-13-17-7-6-10-25(14-17)16(2)27/h3-5,8-9,11-12,17,22H,6-7,10,13-14H2,1-2H3. The lowest BCUT2D eigenvalue weighted by Crippen LogP contribution is -2.40. The third kappa shape index (κ3) is 3.79. The van der Waals surface area contributed by atoms with Crippen molar-refractivity contribution in [1.29, 1.82) is 0 Å². The number of hydrogen-bond donors (Lipinski definition) is 1. The van der Waals surface area contributed by atoms with Crippen LogP contribution >= 0.6 is 0 Å². The van der Waals surface area contributed by atoms with Crippen LogP contribution in [0, 0.1) is 12.8 Å². The number of aryl methyl sites for hydroxylation is 1. The summed E-state index contributed by atoms with van der Waals surface area (Å²) in [5, 5.41) is 8.14. The van der Waals surface area contributed by atoms with Gasteiger partial charge in [0.2, 0.25) is 5.91 Å². The molecular formula is C21H25N5O. The number of nitrogens with one attached hydrogen (secondary N) is 1. The number of likely N-dealkylation sites (tertiary alicyclic amines) is 1. The van der Waals surface area contributed by atoms with Crippen molar-refractivity contribution in [2.45, 2.75) is 26.7 Å². The Balaban J connectivity index is 1.59. The summed E-state index contributed by atoms with van der Waals surface area (Å²) in [6.07, 6.45) is 2.20. The van der Waals surface area contributed by atoms with Crippen LogP contribution in [0.5, 0.6) is 0 Å². The maximum Gasteiger partial charge on any atom is 0.219 e. The molecule has 0 bridgehead atoms. The van der Waals surface area contributed by atoms with Crippen molar-refractivity contribution < 1.29 is 4.79 Å². The maximum absolute atomic E-state index is 11.7. The van der Waals surface area contributed by atoms with Crippen molar-refractivity contribution in [2.24, 2.45) is 5.92 Å². The van der Waals surface area contributed by atoms with Crippen LogP contribution in [-0.2, 0) is 4.79 Å². The van der Waals surface area contributed by atoms with E-state index in [0.717, 1.165) is 60.9 Å². The maximum atomic E-state index is 11.7. The van der Waals surface area contributed by atoms with Gasteiger partial charge in [0.05, 0.1) is 11.4 Å². The number of carbonyl (C=O) groups is 1. The molecule has 6 heteroatoms. The van der Waals surface area contributed by atoms with Gasteiger partial charge in [0.25, 0.3) is 0 Å². The number of rotatable bonds is 4. The largest absolute Gasteiger partial charge is 0.370 e. The molecule has 6 nitrogen and oxygen atoms in total. The van der Waals surface area contributed by atoms with Gasteiger partial charge < -0.3 is 10.2 Å². The van der Waals surface area contributed by atoms with Gasteiger partial charge in [-0.25, -0.2) is 4.98 Å². The highest BCUT2D eigenvalue weighted by Gasteiger charge is 2.21. The van der Waals surface area contributed by atoms with Crippen molar-refractivity contribution in [3.63, 3.8) is 0 Å². The van der Waals surface area contributed by atoms with Gasteiger partial charge in [0, 0.05) is 44.3 Å². The molecule has 1 aliphatic rings. The SMILES string of the molecule is CC(=O)N1CCCC(CNc2cc(-c3ccccc3)nc3cc(C)nn23)C1. The van der Waals surface area contributed by atoms with Crippen LogP contribution < -0.4 is 5.32 Å². The summed E-state index contributed by atoms with van der Waals surface area (Å²) in [5.41, 5.74) is 3.79. The summed E-state index contributed by atoms with van der Waals surface area (Å²) in [7, 11) is 0. The summed E-state index contributed by atoms with van der Waals surface area (Å²) in [6.45, 7) is 6.14. The molecule has 0 aliphatic carbocycles. The van der Waals surface area contributed by atoms with E-state index in [1.165, 1.54) is 0 Å². The molecule has 0 radical (unpaired) electrons. The molecule has 0 saturated carbocycles. The Morgan fingerprint density at radius 2 is 2.07 bits per heavy atom. The predicted octanol–water partition coefficient (Wildman–Crippen LogP) is 3.38. The molecule has 1 atom stereocenters. The fraction of sp³-hybridized carbons (Fsp3) is 0.381. The van der Waals surface area contributed by atoms with E-state index in [1.54, 1.807) is 6.92 Å². The third-order valence-electron chi connectivity index (χ3n) is 5.16. The van der Waals surface area contributed by atoms with E-state index in [0.29, 0.717) is 5.92 Å². The first kappa shape index (κ1) is 17.5. The van der Waals surface area contributed by atoms with E-state index in [-0.39, 0.29) is 5.91 Å². The second-order valence-corrected chi connectivity index (χ2v) is 7.30. The summed E-state index contributed by atoms with van der Waals surface area (Å²) in [6, 6.07) is 14.2. The zero-order valence-corrected chi connectivity index (χ0v) is 15.9. The molecule has 1 N–H and O–H groups in total. The minimum absolute atomic E-state index is 0.167. The van der Waals surface area contributed by atoms with Gasteiger partial charge in [0.1, 0.15) is 5.82 Å². The number of fused-ring (bicyclic) bond motifs is 1. The molecule has 0 spiro atoms. The average molecular weight is 363 g/mol. The monoisotopic (exact) mass is 363 g/mol. The molecule has 1 amide bonds. The van der Waals surface area contributed by atoms with Gasteiger partial charge in [0.15, 0.2) is 5.65 Å². The predicted molar refractivity (Wildman–Crippen MR) is 107 cm³/mol. The fourth-order valence-corrected chi connectivity index (χ4v) is 3.74. The van der Waals surface area contributed by atoms with Crippen LogP contribution in [-0.4, -0.2) is 45.0 Å². The summed E-state index contributed by atoms with van der Waals surface area (Å²) >= 11 is 0. The van der Waals surface area contributed by atoms with Gasteiger partial charge in [-0.05, 0) is 25.7 Å². The molecule has 3 heterocycles. The fourth-order valence-electron chi connectivity index (χ4n) is 3.74. The number of benzene rings is 1. The second-order valence-electron chi connectivity index (χ2n) is 7.30. The van der Waals surface area contributed by atoms with Crippen LogP contribution in [0.2, 0.25) is 0 Å². The first-order valence-corrected chi connectivity index (χ1v) is 9.52. The third-order valence-corrected chi connectivity index (χ3v) is 5.16. The Kier molecular flexibility index (Phi) is 4.79. The highest BCUT2D eigenvalue weighted by Crippen LogP contribution is 2.24. The van der Waals surface area contributed by atoms with E-state index >= 15 is 0 Å². The lowest BCUT2D eigenvalue weighted by molar-refractivity contribution is -0.130. The number of amides is 1. The van der Waals surface area contributed by atoms with Crippen molar-refractivity contribution in [2.75, 3.05) is 25.0 Å².